The van der Waals surface area contributed by atoms with Crippen LogP contribution < -0.4 is 11.1 Å². The number of nitrogens with two attached hydrogens (primary N) is 1. The van der Waals surface area contributed by atoms with E-state index in [-0.39, 0.29) is 47.3 Å². The second kappa shape index (κ2) is 8.28. The molecule has 22 heavy (non-hydrogen) atoms. The lowest BCUT2D eigenvalue weighted by molar-refractivity contribution is -0.383. The number of piperidine rings is 1. The van der Waals surface area contributed by atoms with Crippen LogP contribution in [0.5, 0.6) is 0 Å². The molecule has 0 atom stereocenters. The van der Waals surface area contributed by atoms with Crippen LogP contribution >= 0.6 is 24.0 Å². The normalized spacial score (nSPS) is 15.9. The minimum atomic E-state index is -0.568. The minimum Gasteiger partial charge on any atom is -0.328 e. The van der Waals surface area contributed by atoms with Gasteiger partial charge in [-0.2, -0.15) is 0 Å². The Morgan fingerprint density at radius 3 is 2.68 bits per heavy atom. The predicted octanol–water partition coefficient (Wildman–Crippen LogP) is 2.03. The molecule has 0 aromatic heterocycles. The standard InChI is InChI=1S/C13H17ClN4O3.ClH/c14-9-1-2-11(12(7-9)18(20)21)16-13(19)8-17-5-3-10(15)4-6-17;/h1-2,7,10H,3-6,8,15H2,(H,16,19);1H. The third kappa shape index (κ3) is 5.10. The average molecular weight is 349 g/mol. The smallest absolute Gasteiger partial charge is 0.294 e. The van der Waals surface area contributed by atoms with Crippen molar-refractivity contribution in [3.8, 4) is 0 Å². The van der Waals surface area contributed by atoms with Crippen LogP contribution in [0, 0.1) is 10.1 Å². The highest BCUT2D eigenvalue weighted by Gasteiger charge is 2.20. The fourth-order valence-electron chi connectivity index (χ4n) is 2.27. The highest BCUT2D eigenvalue weighted by Crippen LogP contribution is 2.27. The van der Waals surface area contributed by atoms with Gasteiger partial charge in [-0.15, -0.1) is 12.4 Å². The molecule has 0 unspecified atom stereocenters. The molecule has 0 saturated carbocycles. The molecule has 0 bridgehead atoms. The van der Waals surface area contributed by atoms with Gasteiger partial charge >= 0.3 is 0 Å². The topological polar surface area (TPSA) is 102 Å². The maximum atomic E-state index is 12.0. The molecule has 1 amide bonds. The Bertz CT molecular complexity index is 548. The second-order valence-corrected chi connectivity index (χ2v) is 5.52. The van der Waals surface area contributed by atoms with E-state index in [1.54, 1.807) is 0 Å². The molecule has 1 saturated heterocycles. The maximum Gasteiger partial charge on any atom is 0.294 e. The third-order valence-electron chi connectivity index (χ3n) is 3.43. The second-order valence-electron chi connectivity index (χ2n) is 5.08. The Labute approximate surface area is 139 Å². The van der Waals surface area contributed by atoms with Crippen molar-refractivity contribution in [1.82, 2.24) is 4.90 Å². The molecule has 1 fully saturated rings. The Balaban J connectivity index is 0.00000242. The van der Waals surface area contributed by atoms with Gasteiger partial charge in [0.25, 0.3) is 5.69 Å². The molecule has 0 aliphatic carbocycles. The molecule has 1 aromatic carbocycles. The summed E-state index contributed by atoms with van der Waals surface area (Å²) in [5, 5.41) is 13.8. The first-order chi connectivity index (χ1) is 9.95. The van der Waals surface area contributed by atoms with Crippen molar-refractivity contribution >= 4 is 41.3 Å². The van der Waals surface area contributed by atoms with Crippen LogP contribution in [0.3, 0.4) is 0 Å². The average Bonchev–Trinajstić information content (AvgIpc) is 2.43. The number of carbonyl (C=O) groups excluding carboxylic acids is 1. The summed E-state index contributed by atoms with van der Waals surface area (Å²) in [5.74, 6) is -0.282. The van der Waals surface area contributed by atoms with Gasteiger partial charge in [0.15, 0.2) is 0 Å². The summed E-state index contributed by atoms with van der Waals surface area (Å²) in [7, 11) is 0. The largest absolute Gasteiger partial charge is 0.328 e. The number of nitro groups is 1. The van der Waals surface area contributed by atoms with E-state index in [4.69, 9.17) is 17.3 Å². The SMILES string of the molecule is Cl.NC1CCN(CC(=O)Nc2ccc(Cl)cc2[N+](=O)[O-])CC1. The van der Waals surface area contributed by atoms with E-state index >= 15 is 0 Å². The van der Waals surface area contributed by atoms with Crippen molar-refractivity contribution < 1.29 is 9.72 Å². The summed E-state index contributed by atoms with van der Waals surface area (Å²) in [6, 6.07) is 4.35. The van der Waals surface area contributed by atoms with Crippen molar-refractivity contribution in [3.63, 3.8) is 0 Å². The highest BCUT2D eigenvalue weighted by molar-refractivity contribution is 6.31. The van der Waals surface area contributed by atoms with Gasteiger partial charge in [-0.3, -0.25) is 19.8 Å². The van der Waals surface area contributed by atoms with Crippen LogP contribution in [0.15, 0.2) is 18.2 Å². The molecule has 3 N–H and O–H groups in total. The van der Waals surface area contributed by atoms with Gasteiger partial charge in [-0.25, -0.2) is 0 Å². The molecular weight excluding hydrogens is 331 g/mol. The van der Waals surface area contributed by atoms with Crippen LogP contribution in [0.1, 0.15) is 12.8 Å². The summed E-state index contributed by atoms with van der Waals surface area (Å²) in [6.07, 6.45) is 1.71. The number of nitrogens with one attached hydrogen (secondary N) is 1. The summed E-state index contributed by atoms with van der Waals surface area (Å²) < 4.78 is 0. The summed E-state index contributed by atoms with van der Waals surface area (Å²) in [5.41, 5.74) is 5.75. The maximum absolute atomic E-state index is 12.0. The van der Waals surface area contributed by atoms with E-state index < -0.39 is 4.92 Å². The van der Waals surface area contributed by atoms with Crippen molar-refractivity contribution in [2.75, 3.05) is 25.0 Å². The molecule has 1 aliphatic heterocycles. The highest BCUT2D eigenvalue weighted by atomic mass is 35.5. The quantitative estimate of drug-likeness (QED) is 0.640. The van der Waals surface area contributed by atoms with Gasteiger partial charge in [0, 0.05) is 30.2 Å². The van der Waals surface area contributed by atoms with E-state index in [1.807, 2.05) is 4.90 Å². The number of hydrogen-bond acceptors (Lipinski definition) is 5. The zero-order valence-electron chi connectivity index (χ0n) is 11.8. The number of rotatable bonds is 4. The zero-order valence-corrected chi connectivity index (χ0v) is 13.4. The number of halogens is 2. The number of benzene rings is 1. The van der Waals surface area contributed by atoms with E-state index in [0.717, 1.165) is 25.9 Å². The first-order valence-electron chi connectivity index (χ1n) is 6.67. The summed E-state index contributed by atoms with van der Waals surface area (Å²) in [6.45, 7) is 1.72. The van der Waals surface area contributed by atoms with E-state index in [2.05, 4.69) is 5.32 Å². The lowest BCUT2D eigenvalue weighted by Gasteiger charge is -2.29. The number of nitro benzene ring substituents is 1. The van der Waals surface area contributed by atoms with Crippen molar-refractivity contribution in [2.45, 2.75) is 18.9 Å². The molecule has 2 rings (SSSR count). The predicted molar refractivity (Wildman–Crippen MR) is 87.6 cm³/mol. The molecule has 0 spiro atoms. The number of amides is 1. The van der Waals surface area contributed by atoms with Crippen molar-refractivity contribution in [2.24, 2.45) is 5.73 Å². The Kier molecular flexibility index (Phi) is 7.02. The summed E-state index contributed by atoms with van der Waals surface area (Å²) in [4.78, 5) is 24.4. The van der Waals surface area contributed by atoms with E-state index in [1.165, 1.54) is 18.2 Å². The molecule has 7 nitrogen and oxygen atoms in total. The van der Waals surface area contributed by atoms with Crippen LogP contribution in [0.2, 0.25) is 5.02 Å². The van der Waals surface area contributed by atoms with Crippen LogP contribution in [-0.4, -0.2) is 41.4 Å². The Morgan fingerprint density at radius 2 is 2.09 bits per heavy atom. The van der Waals surface area contributed by atoms with Crippen LogP contribution in [0.4, 0.5) is 11.4 Å². The Morgan fingerprint density at radius 1 is 1.45 bits per heavy atom. The number of nitrogens with zero attached hydrogens (tertiary/aromatic N) is 2. The van der Waals surface area contributed by atoms with Gasteiger partial charge in [-0.1, -0.05) is 11.6 Å². The van der Waals surface area contributed by atoms with Crippen molar-refractivity contribution in [1.29, 1.82) is 0 Å². The lowest BCUT2D eigenvalue weighted by Crippen LogP contribution is -2.43. The van der Waals surface area contributed by atoms with Gasteiger partial charge in [0.2, 0.25) is 5.91 Å². The van der Waals surface area contributed by atoms with Crippen LogP contribution in [0.25, 0.3) is 0 Å². The van der Waals surface area contributed by atoms with Crippen LogP contribution in [-0.2, 0) is 4.79 Å². The zero-order chi connectivity index (χ0) is 15.4. The molecular formula is C13H18Cl2N4O3. The fourth-order valence-corrected chi connectivity index (χ4v) is 2.43. The molecule has 1 heterocycles. The fraction of sp³-hybridized carbons (Fsp3) is 0.462. The van der Waals surface area contributed by atoms with E-state index in [0.29, 0.717) is 0 Å². The first kappa shape index (κ1) is 18.6. The Hall–Kier alpha value is -1.41. The monoisotopic (exact) mass is 348 g/mol. The van der Waals surface area contributed by atoms with Gasteiger partial charge in [-0.05, 0) is 25.0 Å². The molecule has 1 aromatic rings. The molecule has 1 aliphatic rings. The first-order valence-corrected chi connectivity index (χ1v) is 7.05. The van der Waals surface area contributed by atoms with Gasteiger partial charge in [0.05, 0.1) is 11.5 Å². The van der Waals surface area contributed by atoms with E-state index in [9.17, 15) is 14.9 Å². The van der Waals surface area contributed by atoms with Crippen molar-refractivity contribution in [3.05, 3.63) is 33.3 Å². The minimum absolute atomic E-state index is 0. The number of carbonyl (C=O) groups is 1. The number of hydrogen-bond donors (Lipinski definition) is 2. The summed E-state index contributed by atoms with van der Waals surface area (Å²) >= 11 is 5.73. The molecule has 122 valence electrons. The molecule has 0 radical (unpaired) electrons. The van der Waals surface area contributed by atoms with Gasteiger partial charge < -0.3 is 11.1 Å². The molecule has 9 heteroatoms. The third-order valence-corrected chi connectivity index (χ3v) is 3.67. The number of anilines is 1. The van der Waals surface area contributed by atoms with Gasteiger partial charge in [0.1, 0.15) is 5.69 Å². The lowest BCUT2D eigenvalue weighted by atomic mass is 10.1. The number of likely N-dealkylation sites (tertiary alicyclic amines) is 1.